The lowest BCUT2D eigenvalue weighted by molar-refractivity contribution is -0.153. The van der Waals surface area contributed by atoms with E-state index in [2.05, 4.69) is 0 Å². The van der Waals surface area contributed by atoms with E-state index < -0.39 is 64.8 Å². The van der Waals surface area contributed by atoms with Crippen molar-refractivity contribution in [1.82, 2.24) is 0 Å². The number of aliphatic hydroxyl groups is 1. The molecule has 1 aromatic carbocycles. The zero-order chi connectivity index (χ0) is 23.9. The van der Waals surface area contributed by atoms with Crippen molar-refractivity contribution in [2.75, 3.05) is 13.2 Å². The topological polar surface area (TPSA) is 108 Å². The van der Waals surface area contributed by atoms with Crippen LogP contribution in [-0.2, 0) is 32.9 Å². The summed E-state index contributed by atoms with van der Waals surface area (Å²) in [6.07, 6.45) is -4.58. The van der Waals surface area contributed by atoms with Crippen LogP contribution in [0.2, 0.25) is 0 Å². The molecule has 0 radical (unpaired) electrons. The molecule has 2 fully saturated rings. The molecule has 8 nitrogen and oxygen atoms in total. The molecule has 1 heterocycles. The van der Waals surface area contributed by atoms with Gasteiger partial charge in [0.25, 0.3) is 0 Å². The summed E-state index contributed by atoms with van der Waals surface area (Å²) in [7, 11) is -9.60. The van der Waals surface area contributed by atoms with Gasteiger partial charge in [0.1, 0.15) is 17.5 Å². The molecule has 32 heavy (non-hydrogen) atoms. The fourth-order valence-electron chi connectivity index (χ4n) is 4.40. The highest BCUT2D eigenvalue weighted by atomic mass is 32.2. The average molecular weight is 498 g/mol. The summed E-state index contributed by atoms with van der Waals surface area (Å²) in [5.41, 5.74) is -4.23. The second kappa shape index (κ2) is 9.02. The fraction of sp³-hybridized carbons (Fsp3) is 0.700. The first-order valence-corrected chi connectivity index (χ1v) is 13.5. The second-order valence-corrected chi connectivity index (χ2v) is 12.4. The number of alkyl halides is 2. The summed E-state index contributed by atoms with van der Waals surface area (Å²) >= 11 is 0. The number of rotatable bonds is 8. The largest absolute Gasteiger partial charge is 0.399 e. The zero-order valence-electron chi connectivity index (χ0n) is 18.3. The van der Waals surface area contributed by atoms with Crippen LogP contribution in [0.25, 0.3) is 0 Å². The molecule has 2 aliphatic rings. The van der Waals surface area contributed by atoms with Crippen LogP contribution in [0.5, 0.6) is 0 Å². The smallest absolute Gasteiger partial charge is 0.389 e. The first-order valence-electron chi connectivity index (χ1n) is 10.4. The average Bonchev–Trinajstić information content (AvgIpc) is 3.03. The molecular formula is C20H29F2O8PS. The third kappa shape index (κ3) is 4.41. The molecule has 1 saturated carbocycles. The Balaban J connectivity index is 2.15. The van der Waals surface area contributed by atoms with Crippen LogP contribution in [0.1, 0.15) is 34.1 Å². The van der Waals surface area contributed by atoms with Gasteiger partial charge in [-0.1, -0.05) is 18.2 Å². The Kier molecular flexibility index (Phi) is 7.24. The van der Waals surface area contributed by atoms with Crippen molar-refractivity contribution < 1.29 is 45.4 Å². The Labute approximate surface area is 186 Å². The molecular weight excluding hydrogens is 469 g/mol. The summed E-state index contributed by atoms with van der Waals surface area (Å²) in [4.78, 5) is -0.246. The normalized spacial score (nSPS) is 30.8. The minimum atomic E-state index is -5.09. The Morgan fingerprint density at radius 2 is 1.72 bits per heavy atom. The van der Waals surface area contributed by atoms with E-state index >= 15 is 8.78 Å². The maximum absolute atomic E-state index is 15.9. The molecule has 1 saturated heterocycles. The summed E-state index contributed by atoms with van der Waals surface area (Å²) in [5.74, 6) is -3.34. The van der Waals surface area contributed by atoms with Crippen LogP contribution in [0, 0.1) is 5.92 Å². The van der Waals surface area contributed by atoms with Gasteiger partial charge in [-0.15, -0.1) is 0 Å². The van der Waals surface area contributed by atoms with E-state index in [1.165, 1.54) is 52.0 Å². The Hall–Kier alpha value is -0.940. The van der Waals surface area contributed by atoms with Crippen LogP contribution in [-0.4, -0.2) is 61.8 Å². The van der Waals surface area contributed by atoms with Crippen molar-refractivity contribution in [2.45, 2.75) is 74.0 Å². The third-order valence-electron chi connectivity index (χ3n) is 5.62. The number of fused-ring (bicyclic) bond motifs is 1. The lowest BCUT2D eigenvalue weighted by atomic mass is 9.83. The molecule has 1 N–H and O–H groups in total. The predicted molar refractivity (Wildman–Crippen MR) is 111 cm³/mol. The quantitative estimate of drug-likeness (QED) is 0.542. The Morgan fingerprint density at radius 3 is 2.25 bits per heavy atom. The summed E-state index contributed by atoms with van der Waals surface area (Å²) in [5, 5.41) is 9.00. The number of benzene rings is 1. The van der Waals surface area contributed by atoms with Gasteiger partial charge in [0, 0.05) is 0 Å². The first kappa shape index (κ1) is 25.7. The highest BCUT2D eigenvalue weighted by Crippen LogP contribution is 2.67. The zero-order valence-corrected chi connectivity index (χ0v) is 20.0. The molecule has 3 rings (SSSR count). The van der Waals surface area contributed by atoms with E-state index in [0.29, 0.717) is 0 Å². The molecule has 182 valence electrons. The van der Waals surface area contributed by atoms with Crippen LogP contribution in [0.15, 0.2) is 35.2 Å². The van der Waals surface area contributed by atoms with Crippen molar-refractivity contribution in [1.29, 1.82) is 0 Å². The summed E-state index contributed by atoms with van der Waals surface area (Å²) in [6, 6.07) is 6.98. The molecule has 12 heteroatoms. The molecule has 5 atom stereocenters. The van der Waals surface area contributed by atoms with E-state index in [-0.39, 0.29) is 18.1 Å². The van der Waals surface area contributed by atoms with Gasteiger partial charge >= 0.3 is 13.3 Å². The van der Waals surface area contributed by atoms with E-state index in [0.717, 1.165) is 0 Å². The van der Waals surface area contributed by atoms with Gasteiger partial charge in [-0.3, -0.25) is 4.57 Å². The lowest BCUT2D eigenvalue weighted by Crippen LogP contribution is -2.59. The van der Waals surface area contributed by atoms with Gasteiger partial charge < -0.3 is 23.6 Å². The molecule has 0 amide bonds. The molecule has 1 aromatic rings. The number of hydrogen-bond donors (Lipinski definition) is 1. The van der Waals surface area contributed by atoms with Gasteiger partial charge in [-0.25, -0.2) is 8.42 Å². The van der Waals surface area contributed by atoms with Crippen LogP contribution in [0.3, 0.4) is 0 Å². The summed E-state index contributed by atoms with van der Waals surface area (Å²) in [6.45, 7) is 5.16. The first-order chi connectivity index (χ1) is 14.8. The molecule has 0 bridgehead atoms. The van der Waals surface area contributed by atoms with Gasteiger partial charge in [-0.05, 0) is 46.2 Å². The van der Waals surface area contributed by atoms with Gasteiger partial charge in [0.2, 0.25) is 0 Å². The Morgan fingerprint density at radius 1 is 1.16 bits per heavy atom. The minimum absolute atomic E-state index is 0.246. The molecule has 1 aliphatic carbocycles. The monoisotopic (exact) mass is 498 g/mol. The van der Waals surface area contributed by atoms with E-state index in [4.69, 9.17) is 18.5 Å². The van der Waals surface area contributed by atoms with Crippen molar-refractivity contribution in [3.8, 4) is 0 Å². The summed E-state index contributed by atoms with van der Waals surface area (Å²) < 4.78 is 92.9. The molecule has 0 aromatic heterocycles. The molecule has 0 unspecified atom stereocenters. The highest BCUT2D eigenvalue weighted by molar-refractivity contribution is 7.92. The van der Waals surface area contributed by atoms with Crippen molar-refractivity contribution in [3.63, 3.8) is 0 Å². The van der Waals surface area contributed by atoms with Crippen LogP contribution < -0.4 is 0 Å². The van der Waals surface area contributed by atoms with Crippen molar-refractivity contribution in [3.05, 3.63) is 30.3 Å². The maximum atomic E-state index is 15.9. The van der Waals surface area contributed by atoms with Gasteiger partial charge in [0.05, 0.1) is 30.1 Å². The molecule has 0 spiro atoms. The number of halogens is 2. The van der Waals surface area contributed by atoms with E-state index in [9.17, 15) is 18.1 Å². The number of hydrogen-bond acceptors (Lipinski definition) is 8. The van der Waals surface area contributed by atoms with Crippen molar-refractivity contribution in [2.24, 2.45) is 5.92 Å². The van der Waals surface area contributed by atoms with Gasteiger partial charge in [-0.2, -0.15) is 8.78 Å². The number of sulfone groups is 1. The second-order valence-electron chi connectivity index (χ2n) is 8.21. The fourth-order valence-corrected chi connectivity index (χ4v) is 8.36. The predicted octanol–water partition coefficient (Wildman–Crippen LogP) is 3.59. The number of ether oxygens (including phenoxy) is 2. The van der Waals surface area contributed by atoms with E-state index in [1.807, 2.05) is 0 Å². The standard InChI is InChI=1S/C20H29F2O8PS/c1-5-27-31(24,28-6-2)20(21,22)14-12-15-17(30-19(3,4)29-15)16(23)18(14)32(25,26)13-10-8-7-9-11-13/h7-11,14-18,23H,5-6,12H2,1-4H3/t14-,15-,16+,17-,18+/m1/s1. The SMILES string of the molecule is CCOP(=O)(OCC)C(F)(F)[C@@H]1C[C@H]2OC(C)(C)O[C@H]2[C@H](O)[C@H]1S(=O)(=O)c1ccccc1. The maximum Gasteiger partial charge on any atom is 0.399 e. The highest BCUT2D eigenvalue weighted by Gasteiger charge is 2.68. The lowest BCUT2D eigenvalue weighted by Gasteiger charge is -2.44. The van der Waals surface area contributed by atoms with Crippen molar-refractivity contribution >= 4 is 17.4 Å². The van der Waals surface area contributed by atoms with E-state index in [1.54, 1.807) is 6.07 Å². The Bertz CT molecular complexity index is 946. The van der Waals surface area contributed by atoms with Crippen LogP contribution in [0.4, 0.5) is 8.78 Å². The molecule has 1 aliphatic heterocycles. The van der Waals surface area contributed by atoms with Crippen LogP contribution >= 0.6 is 7.60 Å². The minimum Gasteiger partial charge on any atom is -0.389 e. The third-order valence-corrected chi connectivity index (χ3v) is 10.1. The number of aliphatic hydroxyl groups excluding tert-OH is 1. The van der Waals surface area contributed by atoms with Gasteiger partial charge in [0.15, 0.2) is 15.6 Å².